The van der Waals surface area contributed by atoms with Crippen LogP contribution in [0, 0.1) is 0 Å². The van der Waals surface area contributed by atoms with Crippen molar-refractivity contribution in [1.82, 2.24) is 0 Å². The van der Waals surface area contributed by atoms with Crippen molar-refractivity contribution < 1.29 is 0 Å². The van der Waals surface area contributed by atoms with Crippen LogP contribution in [0.1, 0.15) is 0 Å². The second-order valence-electron chi connectivity index (χ2n) is 15.7. The van der Waals surface area contributed by atoms with Crippen LogP contribution in [-0.4, -0.2) is 0 Å². The fraction of sp³-hybridized carbons (Fsp3) is 0. The molecule has 0 N–H and O–H groups in total. The molecule has 0 aliphatic heterocycles. The average molecular weight is 733 g/mol. The smallest absolute Gasteiger partial charge is 0.00988 e. The first-order chi connectivity index (χ1) is 28.7. The third kappa shape index (κ3) is 5.38. The fourth-order valence-electron chi connectivity index (χ4n) is 9.39. The second-order valence-corrected chi connectivity index (χ2v) is 15.7. The predicted molar refractivity (Wildman–Crippen MR) is 251 cm³/mol. The Bertz CT molecular complexity index is 3620. The van der Waals surface area contributed by atoms with Crippen molar-refractivity contribution in [3.05, 3.63) is 218 Å². The van der Waals surface area contributed by atoms with Crippen LogP contribution in [0.5, 0.6) is 0 Å². The zero-order valence-corrected chi connectivity index (χ0v) is 31.8. The van der Waals surface area contributed by atoms with Crippen molar-refractivity contribution in [2.75, 3.05) is 0 Å². The molecule has 0 heterocycles. The van der Waals surface area contributed by atoms with Crippen LogP contribution in [0.2, 0.25) is 0 Å². The number of hydrogen-bond acceptors (Lipinski definition) is 0. The summed E-state index contributed by atoms with van der Waals surface area (Å²) in [5.41, 5.74) is 9.91. The Labute approximate surface area is 336 Å². The van der Waals surface area contributed by atoms with Gasteiger partial charge >= 0.3 is 0 Å². The van der Waals surface area contributed by atoms with E-state index < -0.39 is 0 Å². The molecule has 0 saturated heterocycles. The first-order valence-electron chi connectivity index (χ1n) is 20.1. The molecule has 12 aromatic carbocycles. The van der Waals surface area contributed by atoms with Gasteiger partial charge in [-0.2, -0.15) is 0 Å². The Kier molecular flexibility index (Phi) is 7.33. The number of rotatable bonds is 4. The van der Waals surface area contributed by atoms with Crippen LogP contribution in [0.15, 0.2) is 218 Å². The van der Waals surface area contributed by atoms with E-state index in [9.17, 15) is 0 Å². The molecule has 0 unspecified atom stereocenters. The van der Waals surface area contributed by atoms with E-state index in [1.165, 1.54) is 120 Å². The summed E-state index contributed by atoms with van der Waals surface area (Å²) in [5.74, 6) is 0. The standard InChI is InChI=1S/C58H36/c1-2-9-38-30-40(17-16-37(38)8-1)42-23-27-53-48(33-42)20-21-50-35-44(25-29-55(50)53)43-24-28-54-49(34-43)19-18-47-32-41(22-26-52(47)54)39-11-7-12-45(31-39)58-36-46-10-3-4-13-51(46)56-14-5-6-15-57(56)58/h1-36H. The molecular formula is C58H36. The molecule has 0 atom stereocenters. The summed E-state index contributed by atoms with van der Waals surface area (Å²) in [7, 11) is 0. The second kappa shape index (κ2) is 13.0. The molecule has 0 heteroatoms. The van der Waals surface area contributed by atoms with Gasteiger partial charge < -0.3 is 0 Å². The maximum atomic E-state index is 2.35. The summed E-state index contributed by atoms with van der Waals surface area (Å²) in [6.07, 6.45) is 0. The minimum atomic E-state index is 1.22. The molecule has 58 heavy (non-hydrogen) atoms. The van der Waals surface area contributed by atoms with Crippen LogP contribution in [0.25, 0.3) is 120 Å². The molecule has 0 bridgehead atoms. The molecule has 0 saturated carbocycles. The van der Waals surface area contributed by atoms with Crippen molar-refractivity contribution in [3.8, 4) is 44.5 Å². The molecule has 0 amide bonds. The lowest BCUT2D eigenvalue weighted by atomic mass is 9.91. The summed E-state index contributed by atoms with van der Waals surface area (Å²) in [6.45, 7) is 0. The lowest BCUT2D eigenvalue weighted by molar-refractivity contribution is 1.63. The van der Waals surface area contributed by atoms with Crippen molar-refractivity contribution in [2.45, 2.75) is 0 Å². The molecule has 268 valence electrons. The van der Waals surface area contributed by atoms with Gasteiger partial charge in [0.2, 0.25) is 0 Å². The largest absolute Gasteiger partial charge is 0.0616 e. The zero-order valence-electron chi connectivity index (χ0n) is 31.8. The van der Waals surface area contributed by atoms with E-state index in [4.69, 9.17) is 0 Å². The number of fused-ring (bicyclic) bond motifs is 10. The summed E-state index contributed by atoms with van der Waals surface area (Å²) in [4.78, 5) is 0. The lowest BCUT2D eigenvalue weighted by Crippen LogP contribution is -1.86. The maximum Gasteiger partial charge on any atom is -0.00988 e. The highest BCUT2D eigenvalue weighted by molar-refractivity contribution is 6.14. The van der Waals surface area contributed by atoms with Gasteiger partial charge in [-0.15, -0.1) is 0 Å². The van der Waals surface area contributed by atoms with E-state index >= 15 is 0 Å². The Morgan fingerprint density at radius 3 is 1.05 bits per heavy atom. The van der Waals surface area contributed by atoms with E-state index in [0.29, 0.717) is 0 Å². The predicted octanol–water partition coefficient (Wildman–Crippen LogP) is 16.4. The molecule has 0 fully saturated rings. The van der Waals surface area contributed by atoms with Crippen LogP contribution in [-0.2, 0) is 0 Å². The SMILES string of the molecule is c1cc(-c2ccc3c(ccc4cc(-c5ccc6c(ccc7cc(-c8ccc9ccccc9c8)ccc76)c5)ccc43)c2)cc(-c2cc3ccccc3c3ccccc23)c1. The van der Waals surface area contributed by atoms with Gasteiger partial charge in [0.1, 0.15) is 0 Å². The minimum absolute atomic E-state index is 1.22. The topological polar surface area (TPSA) is 0 Å². The Morgan fingerprint density at radius 2 is 0.500 bits per heavy atom. The van der Waals surface area contributed by atoms with Gasteiger partial charge in [0.05, 0.1) is 0 Å². The molecule has 0 nitrogen and oxygen atoms in total. The van der Waals surface area contributed by atoms with E-state index in [-0.39, 0.29) is 0 Å². The van der Waals surface area contributed by atoms with Gasteiger partial charge in [0, 0.05) is 0 Å². The van der Waals surface area contributed by atoms with E-state index in [1.807, 2.05) is 0 Å². The molecule has 12 aromatic rings. The van der Waals surface area contributed by atoms with Crippen LogP contribution in [0.4, 0.5) is 0 Å². The highest BCUT2D eigenvalue weighted by atomic mass is 14.2. The maximum absolute atomic E-state index is 2.35. The molecule has 0 aliphatic carbocycles. The Morgan fingerprint density at radius 1 is 0.155 bits per heavy atom. The minimum Gasteiger partial charge on any atom is -0.0616 e. The van der Waals surface area contributed by atoms with Gasteiger partial charge in [0.25, 0.3) is 0 Å². The van der Waals surface area contributed by atoms with Crippen molar-refractivity contribution in [3.63, 3.8) is 0 Å². The molecule has 0 aromatic heterocycles. The zero-order chi connectivity index (χ0) is 38.2. The van der Waals surface area contributed by atoms with Crippen LogP contribution in [0.3, 0.4) is 0 Å². The first kappa shape index (κ1) is 32.7. The van der Waals surface area contributed by atoms with Crippen LogP contribution >= 0.6 is 0 Å². The molecular weight excluding hydrogens is 697 g/mol. The number of benzene rings is 12. The summed E-state index contributed by atoms with van der Waals surface area (Å²) in [5, 5.41) is 17.8. The van der Waals surface area contributed by atoms with Gasteiger partial charge in [-0.25, -0.2) is 0 Å². The van der Waals surface area contributed by atoms with E-state index in [0.717, 1.165) is 0 Å². The molecule has 0 radical (unpaired) electrons. The van der Waals surface area contributed by atoms with E-state index in [1.54, 1.807) is 0 Å². The van der Waals surface area contributed by atoms with Gasteiger partial charge in [-0.05, 0) is 162 Å². The Hall–Kier alpha value is -7.54. The lowest BCUT2D eigenvalue weighted by Gasteiger charge is -2.13. The quantitative estimate of drug-likeness (QED) is 0.158. The fourth-order valence-corrected chi connectivity index (χ4v) is 9.39. The molecule has 12 rings (SSSR count). The summed E-state index contributed by atoms with van der Waals surface area (Å²) < 4.78 is 0. The monoisotopic (exact) mass is 732 g/mol. The third-order valence-corrected chi connectivity index (χ3v) is 12.4. The highest BCUT2D eigenvalue weighted by Crippen LogP contribution is 2.39. The summed E-state index contributed by atoms with van der Waals surface area (Å²) in [6, 6.07) is 80.9. The van der Waals surface area contributed by atoms with Gasteiger partial charge in [0.15, 0.2) is 0 Å². The number of hydrogen-bond donors (Lipinski definition) is 0. The van der Waals surface area contributed by atoms with Crippen molar-refractivity contribution >= 4 is 75.4 Å². The highest BCUT2D eigenvalue weighted by Gasteiger charge is 2.12. The molecule has 0 spiro atoms. The van der Waals surface area contributed by atoms with Crippen molar-refractivity contribution in [2.24, 2.45) is 0 Å². The van der Waals surface area contributed by atoms with Crippen LogP contribution < -0.4 is 0 Å². The summed E-state index contributed by atoms with van der Waals surface area (Å²) >= 11 is 0. The molecule has 0 aliphatic rings. The van der Waals surface area contributed by atoms with Gasteiger partial charge in [-0.1, -0.05) is 176 Å². The van der Waals surface area contributed by atoms with E-state index in [2.05, 4.69) is 218 Å². The normalized spacial score (nSPS) is 11.8. The van der Waals surface area contributed by atoms with Crippen molar-refractivity contribution in [1.29, 1.82) is 0 Å². The average Bonchev–Trinajstić information content (AvgIpc) is 3.30. The van der Waals surface area contributed by atoms with Gasteiger partial charge in [-0.3, -0.25) is 0 Å². The first-order valence-corrected chi connectivity index (χ1v) is 20.1. The Balaban J connectivity index is 0.863. The third-order valence-electron chi connectivity index (χ3n) is 12.4.